The summed E-state index contributed by atoms with van der Waals surface area (Å²) in [7, 11) is 0. The largest absolute Gasteiger partial charge is 0.417 e. The Kier molecular flexibility index (Phi) is 5.60. The number of halogens is 4. The van der Waals surface area contributed by atoms with Crippen LogP contribution in [0.15, 0.2) is 48.8 Å². The Balaban J connectivity index is 1.85. The number of alkyl halides is 3. The topological polar surface area (TPSA) is 92.9 Å². The van der Waals surface area contributed by atoms with Gasteiger partial charge in [-0.25, -0.2) is 9.97 Å². The number of nitrogens with zero attached hydrogens (tertiary/aromatic N) is 2. The molecule has 0 fully saturated rings. The molecule has 2 aromatic carbocycles. The number of nitrogen functional groups attached to an aromatic ring is 1. The number of Topliss-reactive ketones (excluding diaryl/α,β-unsaturated/α-hetero) is 1. The summed E-state index contributed by atoms with van der Waals surface area (Å²) in [6.45, 7) is 1.46. The number of hydrogen-bond donors (Lipinski definition) is 3. The fourth-order valence-corrected chi connectivity index (χ4v) is 2.70. The molecule has 10 heteroatoms. The molecule has 0 amide bonds. The second-order valence-corrected chi connectivity index (χ2v) is 6.47. The maximum atomic E-state index is 13.0. The molecule has 150 valence electrons. The van der Waals surface area contributed by atoms with Crippen molar-refractivity contribution in [3.05, 3.63) is 64.9 Å². The summed E-state index contributed by atoms with van der Waals surface area (Å²) < 4.78 is 39.1. The van der Waals surface area contributed by atoms with Gasteiger partial charge in [0, 0.05) is 16.9 Å². The molecule has 0 bridgehead atoms. The number of rotatable bonds is 5. The number of nitrogens with one attached hydrogen (secondary N) is 2. The van der Waals surface area contributed by atoms with Gasteiger partial charge in [-0.2, -0.15) is 13.2 Å². The highest BCUT2D eigenvalue weighted by Crippen LogP contribution is 2.37. The van der Waals surface area contributed by atoms with Crippen molar-refractivity contribution < 1.29 is 18.0 Å². The standard InChI is InChI=1S/C19H15ClF3N5O/c1-10(29)11-2-4-12(5-3-11)27-17-16(24)18(26-9-25-17)28-13-6-7-15(20)14(8-13)19(21,22)23/h2-9H,24H2,1H3,(H2,25,26,27,28). The Bertz CT molecular complexity index is 1050. The molecule has 0 saturated carbocycles. The summed E-state index contributed by atoms with van der Waals surface area (Å²) in [4.78, 5) is 19.4. The van der Waals surface area contributed by atoms with Gasteiger partial charge in [-0.1, -0.05) is 11.6 Å². The van der Waals surface area contributed by atoms with E-state index >= 15 is 0 Å². The number of aromatic nitrogens is 2. The lowest BCUT2D eigenvalue weighted by Gasteiger charge is -2.14. The van der Waals surface area contributed by atoms with Crippen LogP contribution in [0.1, 0.15) is 22.8 Å². The summed E-state index contributed by atoms with van der Waals surface area (Å²) in [6, 6.07) is 10.0. The highest BCUT2D eigenvalue weighted by Gasteiger charge is 2.33. The maximum absolute atomic E-state index is 13.0. The molecule has 0 aliphatic rings. The van der Waals surface area contributed by atoms with Crippen molar-refractivity contribution in [3.8, 4) is 0 Å². The summed E-state index contributed by atoms with van der Waals surface area (Å²) in [6.07, 6.45) is -3.38. The Morgan fingerprint density at radius 3 is 2.10 bits per heavy atom. The van der Waals surface area contributed by atoms with Crippen molar-refractivity contribution in [2.45, 2.75) is 13.1 Å². The van der Waals surface area contributed by atoms with E-state index in [0.717, 1.165) is 12.1 Å². The van der Waals surface area contributed by atoms with Crippen molar-refractivity contribution in [1.29, 1.82) is 0 Å². The number of carbonyl (C=O) groups excluding carboxylic acids is 1. The van der Waals surface area contributed by atoms with Crippen LogP contribution >= 0.6 is 11.6 Å². The van der Waals surface area contributed by atoms with Crippen LogP contribution in [0.25, 0.3) is 0 Å². The maximum Gasteiger partial charge on any atom is 0.417 e. The molecule has 0 spiro atoms. The number of nitrogens with two attached hydrogens (primary N) is 1. The molecule has 1 aromatic heterocycles. The van der Waals surface area contributed by atoms with E-state index in [2.05, 4.69) is 20.6 Å². The molecule has 0 aliphatic carbocycles. The SMILES string of the molecule is CC(=O)c1ccc(Nc2ncnc(Nc3ccc(Cl)c(C(F)(F)F)c3)c2N)cc1. The number of carbonyl (C=O) groups is 1. The third-order valence-electron chi connectivity index (χ3n) is 3.97. The molecule has 29 heavy (non-hydrogen) atoms. The zero-order chi connectivity index (χ0) is 21.2. The van der Waals surface area contributed by atoms with Crippen LogP contribution in [0.4, 0.5) is 41.9 Å². The molecule has 3 rings (SSSR count). The van der Waals surface area contributed by atoms with Gasteiger partial charge in [0.25, 0.3) is 0 Å². The van der Waals surface area contributed by atoms with Gasteiger partial charge in [-0.3, -0.25) is 4.79 Å². The van der Waals surface area contributed by atoms with Gasteiger partial charge in [0.1, 0.15) is 12.0 Å². The quantitative estimate of drug-likeness (QED) is 0.476. The van der Waals surface area contributed by atoms with Gasteiger partial charge in [0.05, 0.1) is 10.6 Å². The van der Waals surface area contributed by atoms with E-state index in [9.17, 15) is 18.0 Å². The van der Waals surface area contributed by atoms with E-state index in [1.165, 1.54) is 19.3 Å². The zero-order valence-electron chi connectivity index (χ0n) is 15.0. The van der Waals surface area contributed by atoms with Crippen LogP contribution in [-0.4, -0.2) is 15.8 Å². The number of ketones is 1. The highest BCUT2D eigenvalue weighted by atomic mass is 35.5. The van der Waals surface area contributed by atoms with E-state index in [1.807, 2.05) is 0 Å². The molecule has 0 aliphatic heterocycles. The highest BCUT2D eigenvalue weighted by molar-refractivity contribution is 6.31. The van der Waals surface area contributed by atoms with E-state index in [4.69, 9.17) is 17.3 Å². The predicted octanol–water partition coefficient (Wildman–Crippen LogP) is 5.42. The van der Waals surface area contributed by atoms with Crippen LogP contribution in [0.5, 0.6) is 0 Å². The molecular formula is C19H15ClF3N5O. The first kappa shape index (κ1) is 20.4. The van der Waals surface area contributed by atoms with Crippen molar-refractivity contribution in [2.75, 3.05) is 16.4 Å². The molecular weight excluding hydrogens is 407 g/mol. The second-order valence-electron chi connectivity index (χ2n) is 6.06. The fraction of sp³-hybridized carbons (Fsp3) is 0.105. The monoisotopic (exact) mass is 421 g/mol. The van der Waals surface area contributed by atoms with Gasteiger partial charge in [0.15, 0.2) is 17.4 Å². The van der Waals surface area contributed by atoms with E-state index < -0.39 is 16.8 Å². The van der Waals surface area contributed by atoms with Crippen LogP contribution in [-0.2, 0) is 6.18 Å². The Hall–Kier alpha value is -3.33. The number of benzene rings is 2. The average Bonchev–Trinajstić information content (AvgIpc) is 2.66. The van der Waals surface area contributed by atoms with Crippen LogP contribution in [0.3, 0.4) is 0 Å². The van der Waals surface area contributed by atoms with Crippen molar-refractivity contribution in [2.24, 2.45) is 0 Å². The first-order valence-electron chi connectivity index (χ1n) is 8.27. The average molecular weight is 422 g/mol. The molecule has 0 saturated heterocycles. The fourth-order valence-electron chi connectivity index (χ4n) is 2.48. The van der Waals surface area contributed by atoms with Crippen molar-refractivity contribution in [1.82, 2.24) is 9.97 Å². The van der Waals surface area contributed by atoms with Gasteiger partial charge in [-0.05, 0) is 49.4 Å². The van der Waals surface area contributed by atoms with E-state index in [-0.39, 0.29) is 28.8 Å². The summed E-state index contributed by atoms with van der Waals surface area (Å²) in [5.41, 5.74) is 6.48. The third kappa shape index (κ3) is 4.75. The predicted molar refractivity (Wildman–Crippen MR) is 106 cm³/mol. The van der Waals surface area contributed by atoms with Crippen molar-refractivity contribution >= 4 is 46.1 Å². The molecule has 3 aromatic rings. The number of anilines is 5. The summed E-state index contributed by atoms with van der Waals surface area (Å²) in [5, 5.41) is 5.32. The van der Waals surface area contributed by atoms with Crippen molar-refractivity contribution in [3.63, 3.8) is 0 Å². The zero-order valence-corrected chi connectivity index (χ0v) is 15.8. The van der Waals surface area contributed by atoms with Gasteiger partial charge in [0.2, 0.25) is 0 Å². The lowest BCUT2D eigenvalue weighted by Crippen LogP contribution is -2.08. The first-order chi connectivity index (χ1) is 13.6. The summed E-state index contributed by atoms with van der Waals surface area (Å²) >= 11 is 5.63. The third-order valence-corrected chi connectivity index (χ3v) is 4.30. The summed E-state index contributed by atoms with van der Waals surface area (Å²) in [5.74, 6) is 0.312. The van der Waals surface area contributed by atoms with Crippen LogP contribution in [0.2, 0.25) is 5.02 Å². The molecule has 1 heterocycles. The van der Waals surface area contributed by atoms with Gasteiger partial charge in [-0.15, -0.1) is 0 Å². The minimum atomic E-state index is -4.59. The molecule has 0 unspecified atom stereocenters. The normalized spacial score (nSPS) is 11.2. The van der Waals surface area contributed by atoms with E-state index in [0.29, 0.717) is 11.3 Å². The molecule has 4 N–H and O–H groups in total. The molecule has 6 nitrogen and oxygen atoms in total. The van der Waals surface area contributed by atoms with Crippen LogP contribution < -0.4 is 16.4 Å². The molecule has 0 radical (unpaired) electrons. The Morgan fingerprint density at radius 2 is 1.55 bits per heavy atom. The minimum Gasteiger partial charge on any atom is -0.393 e. The Morgan fingerprint density at radius 1 is 1.00 bits per heavy atom. The number of hydrogen-bond acceptors (Lipinski definition) is 6. The second kappa shape index (κ2) is 7.96. The van der Waals surface area contributed by atoms with Crippen LogP contribution in [0, 0.1) is 0 Å². The molecule has 0 atom stereocenters. The van der Waals surface area contributed by atoms with Gasteiger partial charge < -0.3 is 16.4 Å². The smallest absolute Gasteiger partial charge is 0.393 e. The lowest BCUT2D eigenvalue weighted by atomic mass is 10.1. The lowest BCUT2D eigenvalue weighted by molar-refractivity contribution is -0.137. The minimum absolute atomic E-state index is 0.0641. The van der Waals surface area contributed by atoms with E-state index in [1.54, 1.807) is 24.3 Å². The van der Waals surface area contributed by atoms with Gasteiger partial charge >= 0.3 is 6.18 Å². The Labute approximate surface area is 168 Å². The first-order valence-corrected chi connectivity index (χ1v) is 8.65.